The number of nitrogens with zero attached hydrogens (tertiary/aromatic N) is 2. The van der Waals surface area contributed by atoms with Crippen LogP contribution in [-0.2, 0) is 6.42 Å². The van der Waals surface area contributed by atoms with Crippen molar-refractivity contribution in [1.82, 2.24) is 9.97 Å². The summed E-state index contributed by atoms with van der Waals surface area (Å²) in [5, 5.41) is 0.335. The van der Waals surface area contributed by atoms with Gasteiger partial charge < -0.3 is 0 Å². The van der Waals surface area contributed by atoms with Gasteiger partial charge in [-0.3, -0.25) is 0 Å². The van der Waals surface area contributed by atoms with E-state index in [-0.39, 0.29) is 10.3 Å². The van der Waals surface area contributed by atoms with Crippen LogP contribution in [-0.4, -0.2) is 9.97 Å². The molecule has 2 nitrogen and oxygen atoms in total. The fourth-order valence-electron chi connectivity index (χ4n) is 1.78. The first-order chi connectivity index (χ1) is 8.95. The Bertz CT molecular complexity index is 624. The fourth-order valence-corrected chi connectivity index (χ4v) is 2.63. The van der Waals surface area contributed by atoms with Crippen molar-refractivity contribution in [2.75, 3.05) is 0 Å². The van der Waals surface area contributed by atoms with Gasteiger partial charge in [-0.2, -0.15) is 0 Å². The van der Waals surface area contributed by atoms with Crippen molar-refractivity contribution in [2.24, 2.45) is 0 Å². The van der Waals surface area contributed by atoms with Crippen LogP contribution in [0.15, 0.2) is 16.6 Å². The van der Waals surface area contributed by atoms with Crippen LogP contribution in [0.2, 0.25) is 5.15 Å². The number of rotatable bonds is 2. The van der Waals surface area contributed by atoms with Crippen molar-refractivity contribution in [3.63, 3.8) is 0 Å². The molecular formula is C13H10BrClF2N2. The Morgan fingerprint density at radius 1 is 1.26 bits per heavy atom. The zero-order valence-electron chi connectivity index (χ0n) is 10.3. The molecule has 0 aliphatic carbocycles. The van der Waals surface area contributed by atoms with E-state index in [1.54, 1.807) is 0 Å². The van der Waals surface area contributed by atoms with Crippen molar-refractivity contribution in [2.45, 2.75) is 20.3 Å². The Kier molecular flexibility index (Phi) is 4.16. The molecule has 0 unspecified atom stereocenters. The average Bonchev–Trinajstić information content (AvgIpc) is 2.35. The van der Waals surface area contributed by atoms with E-state index in [4.69, 9.17) is 11.6 Å². The minimum absolute atomic E-state index is 0.00721. The molecule has 1 aromatic carbocycles. The number of halogens is 4. The van der Waals surface area contributed by atoms with Gasteiger partial charge in [-0.05, 0) is 41.4 Å². The Hall–Kier alpha value is -1.07. The summed E-state index contributed by atoms with van der Waals surface area (Å²) < 4.78 is 26.6. The number of aryl methyl sites for hydroxylation is 1. The van der Waals surface area contributed by atoms with Crippen molar-refractivity contribution >= 4 is 27.5 Å². The minimum atomic E-state index is -0.963. The lowest BCUT2D eigenvalue weighted by atomic mass is 10.1. The van der Waals surface area contributed by atoms with E-state index in [0.29, 0.717) is 17.1 Å². The molecule has 0 fully saturated rings. The van der Waals surface area contributed by atoms with E-state index >= 15 is 0 Å². The molecule has 1 aromatic heterocycles. The van der Waals surface area contributed by atoms with Gasteiger partial charge in [0.05, 0.1) is 4.47 Å². The molecule has 100 valence electrons. The number of aromatic nitrogens is 2. The second-order valence-corrected chi connectivity index (χ2v) is 5.13. The molecule has 0 saturated heterocycles. The van der Waals surface area contributed by atoms with E-state index in [9.17, 15) is 8.78 Å². The molecule has 19 heavy (non-hydrogen) atoms. The lowest BCUT2D eigenvalue weighted by Crippen LogP contribution is -2.00. The molecule has 6 heteroatoms. The van der Waals surface area contributed by atoms with Crippen molar-refractivity contribution < 1.29 is 8.78 Å². The molecular weight excluding hydrogens is 338 g/mol. The topological polar surface area (TPSA) is 25.8 Å². The van der Waals surface area contributed by atoms with Gasteiger partial charge in [0.15, 0.2) is 17.5 Å². The highest BCUT2D eigenvalue weighted by molar-refractivity contribution is 9.10. The van der Waals surface area contributed by atoms with Gasteiger partial charge in [0.25, 0.3) is 0 Å². The first-order valence-corrected chi connectivity index (χ1v) is 6.79. The molecule has 0 atom stereocenters. The highest BCUT2D eigenvalue weighted by Gasteiger charge is 2.16. The molecule has 0 bridgehead atoms. The van der Waals surface area contributed by atoms with Crippen molar-refractivity contribution in [1.29, 1.82) is 0 Å². The predicted molar refractivity (Wildman–Crippen MR) is 74.2 cm³/mol. The van der Waals surface area contributed by atoms with Gasteiger partial charge in [-0.25, -0.2) is 18.7 Å². The van der Waals surface area contributed by atoms with Crippen LogP contribution in [0.25, 0.3) is 11.4 Å². The Morgan fingerprint density at radius 2 is 1.95 bits per heavy atom. The third-order valence-corrected chi connectivity index (χ3v) is 3.88. The summed E-state index contributed by atoms with van der Waals surface area (Å²) in [5.74, 6) is -1.62. The molecule has 0 saturated carbocycles. The normalized spacial score (nSPS) is 10.8. The molecule has 2 aromatic rings. The molecule has 0 aliphatic rings. The summed E-state index contributed by atoms with van der Waals surface area (Å²) in [7, 11) is 0. The molecule has 0 radical (unpaired) electrons. The van der Waals surface area contributed by atoms with E-state index in [1.165, 1.54) is 6.07 Å². The van der Waals surface area contributed by atoms with E-state index in [2.05, 4.69) is 25.9 Å². The van der Waals surface area contributed by atoms with Gasteiger partial charge in [-0.1, -0.05) is 18.5 Å². The van der Waals surface area contributed by atoms with Gasteiger partial charge in [-0.15, -0.1) is 0 Å². The maximum absolute atomic E-state index is 13.5. The van der Waals surface area contributed by atoms with Crippen LogP contribution in [0.5, 0.6) is 0 Å². The predicted octanol–water partition coefficient (Wildman–Crippen LogP) is 4.71. The molecule has 1 heterocycles. The zero-order valence-corrected chi connectivity index (χ0v) is 12.6. The molecule has 0 aliphatic heterocycles. The highest BCUT2D eigenvalue weighted by Crippen LogP contribution is 2.31. The summed E-state index contributed by atoms with van der Waals surface area (Å²) >= 11 is 9.09. The minimum Gasteiger partial charge on any atom is -0.233 e. The van der Waals surface area contributed by atoms with Crippen LogP contribution in [0.3, 0.4) is 0 Å². The number of benzene rings is 1. The molecule has 0 spiro atoms. The van der Waals surface area contributed by atoms with Crippen molar-refractivity contribution in [3.8, 4) is 11.4 Å². The summed E-state index contributed by atoms with van der Waals surface area (Å²) in [4.78, 5) is 8.43. The summed E-state index contributed by atoms with van der Waals surface area (Å²) in [6.07, 6.45) is 0.712. The lowest BCUT2D eigenvalue weighted by molar-refractivity contribution is 0.504. The number of hydrogen-bond donors (Lipinski definition) is 0. The van der Waals surface area contributed by atoms with E-state index < -0.39 is 11.6 Å². The Morgan fingerprint density at radius 3 is 2.53 bits per heavy atom. The fraction of sp³-hybridized carbons (Fsp3) is 0.231. The van der Waals surface area contributed by atoms with Crippen LogP contribution >= 0.6 is 27.5 Å². The standard InChI is InChI=1S/C13H10BrClF2N2/c1-3-7-6(2)18-13(19-12(7)15)8-4-5-9(16)11(17)10(8)14/h4-5H,3H2,1-2H3. The number of hydrogen-bond acceptors (Lipinski definition) is 2. The van der Waals surface area contributed by atoms with Gasteiger partial charge >= 0.3 is 0 Å². The van der Waals surface area contributed by atoms with Gasteiger partial charge in [0, 0.05) is 16.8 Å². The van der Waals surface area contributed by atoms with Crippen molar-refractivity contribution in [3.05, 3.63) is 44.7 Å². The molecule has 0 amide bonds. The van der Waals surface area contributed by atoms with Crippen LogP contribution < -0.4 is 0 Å². The largest absolute Gasteiger partial charge is 0.233 e. The first kappa shape index (κ1) is 14.3. The van der Waals surface area contributed by atoms with Gasteiger partial charge in [0.2, 0.25) is 0 Å². The summed E-state index contributed by atoms with van der Waals surface area (Å²) in [6, 6.07) is 2.45. The van der Waals surface area contributed by atoms with Crippen LogP contribution in [0.1, 0.15) is 18.2 Å². The smallest absolute Gasteiger partial charge is 0.173 e. The van der Waals surface area contributed by atoms with Crippen LogP contribution in [0, 0.1) is 18.6 Å². The maximum atomic E-state index is 13.5. The zero-order chi connectivity index (χ0) is 14.2. The Labute approximate surface area is 123 Å². The Balaban J connectivity index is 2.64. The lowest BCUT2D eigenvalue weighted by Gasteiger charge is -2.09. The van der Waals surface area contributed by atoms with Crippen LogP contribution in [0.4, 0.5) is 8.78 Å². The maximum Gasteiger partial charge on any atom is 0.173 e. The highest BCUT2D eigenvalue weighted by atomic mass is 79.9. The molecule has 2 rings (SSSR count). The summed E-state index contributed by atoms with van der Waals surface area (Å²) in [6.45, 7) is 3.76. The van der Waals surface area contributed by atoms with Gasteiger partial charge in [0.1, 0.15) is 5.15 Å². The third-order valence-electron chi connectivity index (χ3n) is 2.79. The molecule has 0 N–H and O–H groups in total. The monoisotopic (exact) mass is 346 g/mol. The second kappa shape index (κ2) is 5.51. The summed E-state index contributed by atoms with van der Waals surface area (Å²) in [5.41, 5.74) is 1.95. The third kappa shape index (κ3) is 2.62. The quantitative estimate of drug-likeness (QED) is 0.581. The first-order valence-electron chi connectivity index (χ1n) is 5.62. The van der Waals surface area contributed by atoms with E-state index in [1.807, 2.05) is 13.8 Å². The average molecular weight is 348 g/mol. The second-order valence-electron chi connectivity index (χ2n) is 3.98. The van der Waals surface area contributed by atoms with E-state index in [0.717, 1.165) is 17.3 Å². The SMILES string of the molecule is CCc1c(C)nc(-c2ccc(F)c(F)c2Br)nc1Cl.